The zero-order valence-corrected chi connectivity index (χ0v) is 18.7. The second kappa shape index (κ2) is 8.89. The molecule has 1 aliphatic carbocycles. The molecule has 0 radical (unpaired) electrons. The van der Waals surface area contributed by atoms with Crippen LogP contribution in [0.25, 0.3) is 10.6 Å². The lowest BCUT2D eigenvalue weighted by Gasteiger charge is -2.35. The van der Waals surface area contributed by atoms with Crippen LogP contribution in [0, 0.1) is 11.6 Å². The molecule has 172 valence electrons. The topological polar surface area (TPSA) is 92.3 Å². The fourth-order valence-corrected chi connectivity index (χ4v) is 5.64. The molecule has 2 aliphatic rings. The highest BCUT2D eigenvalue weighted by molar-refractivity contribution is 7.13. The number of aliphatic hydroxyl groups is 1. The number of anilines is 1. The molecular formula is C24H24F2N4O2S. The molecule has 0 spiro atoms. The molecule has 6 nitrogen and oxygen atoms in total. The first-order chi connectivity index (χ1) is 15.9. The van der Waals surface area contributed by atoms with Gasteiger partial charge in [0.25, 0.3) is 0 Å². The van der Waals surface area contributed by atoms with Gasteiger partial charge in [-0.2, -0.15) is 0 Å². The summed E-state index contributed by atoms with van der Waals surface area (Å²) in [4.78, 5) is 24.0. The minimum absolute atomic E-state index is 0.0502. The van der Waals surface area contributed by atoms with Crippen LogP contribution in [-0.4, -0.2) is 40.0 Å². The van der Waals surface area contributed by atoms with Crippen molar-refractivity contribution in [1.82, 2.24) is 9.97 Å². The van der Waals surface area contributed by atoms with Gasteiger partial charge < -0.3 is 15.7 Å². The predicted octanol–water partition coefficient (Wildman–Crippen LogP) is 3.82. The Morgan fingerprint density at radius 3 is 2.82 bits per heavy atom. The van der Waals surface area contributed by atoms with E-state index in [1.807, 2.05) is 0 Å². The standard InChI is InChI=1S/C24H24F2N4O2S/c25-16-4-1-5-17(26)21(16)24-29-18(12-33-24)20(32)9-13-10-28-22-15(6-7-19(22)31)23(13)30-8-2-3-14(27)11-30/h1,4-5,10,12,14,19,31H,2-3,6-9,11,27H2/t14-,19?/m0/s1. The summed E-state index contributed by atoms with van der Waals surface area (Å²) in [7, 11) is 0. The molecule has 0 amide bonds. The number of hydrogen-bond donors (Lipinski definition) is 2. The van der Waals surface area contributed by atoms with Crippen LogP contribution >= 0.6 is 11.3 Å². The summed E-state index contributed by atoms with van der Waals surface area (Å²) in [6.45, 7) is 1.51. The third-order valence-electron chi connectivity index (χ3n) is 6.33. The van der Waals surface area contributed by atoms with Crippen LogP contribution in [0.15, 0.2) is 29.8 Å². The summed E-state index contributed by atoms with van der Waals surface area (Å²) in [5, 5.41) is 12.0. The number of thiazole rings is 1. The number of nitrogens with zero attached hydrogens (tertiary/aromatic N) is 3. The smallest absolute Gasteiger partial charge is 0.186 e. The highest BCUT2D eigenvalue weighted by Crippen LogP contribution is 2.39. The van der Waals surface area contributed by atoms with E-state index in [2.05, 4.69) is 14.9 Å². The SMILES string of the molecule is N[C@H]1CCCN(c2c(CC(=O)c3csc(-c4c(F)cccc4F)n3)cnc3c2CCC3O)C1. The third kappa shape index (κ3) is 4.16. The monoisotopic (exact) mass is 470 g/mol. The minimum Gasteiger partial charge on any atom is -0.387 e. The molecular weight excluding hydrogens is 446 g/mol. The van der Waals surface area contributed by atoms with E-state index >= 15 is 0 Å². The maximum absolute atomic E-state index is 14.1. The van der Waals surface area contributed by atoms with E-state index in [1.165, 1.54) is 23.6 Å². The van der Waals surface area contributed by atoms with Gasteiger partial charge in [-0.1, -0.05) is 6.07 Å². The van der Waals surface area contributed by atoms with Gasteiger partial charge in [-0.05, 0) is 37.8 Å². The number of rotatable bonds is 5. The quantitative estimate of drug-likeness (QED) is 0.551. The number of piperidine rings is 1. The zero-order valence-electron chi connectivity index (χ0n) is 17.9. The van der Waals surface area contributed by atoms with Crippen LogP contribution in [0.1, 0.15) is 52.7 Å². The molecule has 2 atom stereocenters. The van der Waals surface area contributed by atoms with Crippen molar-refractivity contribution in [2.24, 2.45) is 5.73 Å². The molecule has 3 aromatic rings. The summed E-state index contributed by atoms with van der Waals surface area (Å²) in [6, 6.07) is 3.68. The first-order valence-electron chi connectivity index (χ1n) is 11.0. The Morgan fingerprint density at radius 2 is 2.06 bits per heavy atom. The number of Topliss-reactive ketones (excluding diaryl/α,β-unsaturated/α-hetero) is 1. The van der Waals surface area contributed by atoms with E-state index in [0.29, 0.717) is 25.1 Å². The molecule has 3 N–H and O–H groups in total. The van der Waals surface area contributed by atoms with Gasteiger partial charge in [-0.15, -0.1) is 11.3 Å². The lowest BCUT2D eigenvalue weighted by Crippen LogP contribution is -2.43. The number of carbonyl (C=O) groups excluding carboxylic acids is 1. The van der Waals surface area contributed by atoms with Crippen LogP contribution in [0.2, 0.25) is 0 Å². The van der Waals surface area contributed by atoms with Crippen LogP contribution in [0.5, 0.6) is 0 Å². The molecule has 2 aromatic heterocycles. The summed E-state index contributed by atoms with van der Waals surface area (Å²) in [5.74, 6) is -1.68. The average Bonchev–Trinajstić information content (AvgIpc) is 3.41. The van der Waals surface area contributed by atoms with Crippen molar-refractivity contribution in [3.8, 4) is 10.6 Å². The second-order valence-corrected chi connectivity index (χ2v) is 9.49. The van der Waals surface area contributed by atoms with Crippen LogP contribution < -0.4 is 10.6 Å². The summed E-state index contributed by atoms with van der Waals surface area (Å²) >= 11 is 1.04. The van der Waals surface area contributed by atoms with Crippen molar-refractivity contribution in [1.29, 1.82) is 0 Å². The first-order valence-corrected chi connectivity index (χ1v) is 11.9. The molecule has 1 unspecified atom stereocenters. The van der Waals surface area contributed by atoms with Gasteiger partial charge in [0.1, 0.15) is 22.3 Å². The maximum atomic E-state index is 14.1. The van der Waals surface area contributed by atoms with Crippen LogP contribution in [0.3, 0.4) is 0 Å². The Bertz CT molecular complexity index is 1190. The average molecular weight is 471 g/mol. The van der Waals surface area contributed by atoms with Gasteiger partial charge in [0.2, 0.25) is 0 Å². The molecule has 0 bridgehead atoms. The fraction of sp³-hybridized carbons (Fsp3) is 0.375. The Hall–Kier alpha value is -2.75. The van der Waals surface area contributed by atoms with Crippen molar-refractivity contribution in [3.05, 3.63) is 63.9 Å². The van der Waals surface area contributed by atoms with Crippen molar-refractivity contribution in [2.45, 2.75) is 44.2 Å². The van der Waals surface area contributed by atoms with Crippen molar-refractivity contribution < 1.29 is 18.7 Å². The summed E-state index contributed by atoms with van der Waals surface area (Å²) < 4.78 is 28.3. The zero-order chi connectivity index (χ0) is 23.1. The van der Waals surface area contributed by atoms with E-state index in [0.717, 1.165) is 47.5 Å². The summed E-state index contributed by atoms with van der Waals surface area (Å²) in [5.41, 5.74) is 9.51. The molecule has 1 aromatic carbocycles. The van der Waals surface area contributed by atoms with Crippen LogP contribution in [0.4, 0.5) is 14.5 Å². The number of benzene rings is 1. The number of nitrogens with two attached hydrogens (primary N) is 1. The fourth-order valence-electron chi connectivity index (χ4n) is 4.77. The molecule has 33 heavy (non-hydrogen) atoms. The van der Waals surface area contributed by atoms with E-state index in [1.54, 1.807) is 6.20 Å². The van der Waals surface area contributed by atoms with Crippen molar-refractivity contribution in [2.75, 3.05) is 18.0 Å². The van der Waals surface area contributed by atoms with E-state index in [-0.39, 0.29) is 34.5 Å². The number of aliphatic hydroxyl groups excluding tert-OH is 1. The first kappa shape index (κ1) is 22.1. The van der Waals surface area contributed by atoms with E-state index in [9.17, 15) is 18.7 Å². The van der Waals surface area contributed by atoms with Gasteiger partial charge in [0, 0.05) is 53.9 Å². The largest absolute Gasteiger partial charge is 0.387 e. The number of hydrogen-bond acceptors (Lipinski definition) is 7. The third-order valence-corrected chi connectivity index (χ3v) is 7.19. The number of halogens is 2. The Labute approximate surface area is 194 Å². The molecule has 1 aliphatic heterocycles. The predicted molar refractivity (Wildman–Crippen MR) is 122 cm³/mol. The number of pyridine rings is 1. The Morgan fingerprint density at radius 1 is 1.27 bits per heavy atom. The van der Waals surface area contributed by atoms with Crippen LogP contribution in [-0.2, 0) is 12.8 Å². The Balaban J connectivity index is 1.46. The molecule has 1 fully saturated rings. The van der Waals surface area contributed by atoms with Gasteiger partial charge in [-0.25, -0.2) is 13.8 Å². The number of aromatic nitrogens is 2. The number of carbonyl (C=O) groups is 1. The highest BCUT2D eigenvalue weighted by Gasteiger charge is 2.31. The normalized spacial score (nSPS) is 20.2. The molecule has 5 rings (SSSR count). The minimum atomic E-state index is -0.714. The molecule has 9 heteroatoms. The maximum Gasteiger partial charge on any atom is 0.186 e. The Kier molecular flexibility index (Phi) is 5.94. The molecule has 1 saturated heterocycles. The van der Waals surface area contributed by atoms with Crippen molar-refractivity contribution in [3.63, 3.8) is 0 Å². The second-order valence-electron chi connectivity index (χ2n) is 8.63. The summed E-state index contributed by atoms with van der Waals surface area (Å²) in [6.07, 6.45) is 4.33. The van der Waals surface area contributed by atoms with Gasteiger partial charge >= 0.3 is 0 Å². The molecule has 0 saturated carbocycles. The van der Waals surface area contributed by atoms with Gasteiger partial charge in [0.05, 0.1) is 17.4 Å². The number of fused-ring (bicyclic) bond motifs is 1. The highest BCUT2D eigenvalue weighted by atomic mass is 32.1. The lowest BCUT2D eigenvalue weighted by molar-refractivity contribution is 0.0989. The van der Waals surface area contributed by atoms with E-state index < -0.39 is 17.7 Å². The van der Waals surface area contributed by atoms with Crippen molar-refractivity contribution >= 4 is 22.8 Å². The molecule has 3 heterocycles. The van der Waals surface area contributed by atoms with Gasteiger partial charge in [0.15, 0.2) is 5.78 Å². The van der Waals surface area contributed by atoms with E-state index in [4.69, 9.17) is 5.73 Å². The number of ketones is 1. The lowest BCUT2D eigenvalue weighted by atomic mass is 9.98. The van der Waals surface area contributed by atoms with Gasteiger partial charge in [-0.3, -0.25) is 9.78 Å².